The van der Waals surface area contributed by atoms with Gasteiger partial charge in [-0.1, -0.05) is 0 Å². The average Bonchev–Trinajstić information content (AvgIpc) is 3.05. The first-order chi connectivity index (χ1) is 14.5. The van der Waals surface area contributed by atoms with E-state index in [1.807, 2.05) is 6.92 Å². The molecule has 1 aromatic heterocycles. The smallest absolute Gasteiger partial charge is 0.225 e. The van der Waals surface area contributed by atoms with Crippen LogP contribution in [0.1, 0.15) is 39.0 Å². The minimum absolute atomic E-state index is 0.170. The second kappa shape index (κ2) is 9.21. The molecule has 6 heteroatoms. The van der Waals surface area contributed by atoms with E-state index in [0.29, 0.717) is 17.8 Å². The van der Waals surface area contributed by atoms with Gasteiger partial charge < -0.3 is 14.2 Å². The van der Waals surface area contributed by atoms with Crippen LogP contribution in [0.5, 0.6) is 0 Å². The lowest BCUT2D eigenvalue weighted by Gasteiger charge is -2.35. The van der Waals surface area contributed by atoms with Gasteiger partial charge >= 0.3 is 0 Å². The first-order valence-electron chi connectivity index (χ1n) is 11.3. The van der Waals surface area contributed by atoms with Crippen LogP contribution in [0.4, 0.5) is 5.69 Å². The summed E-state index contributed by atoms with van der Waals surface area (Å²) in [5, 5.41) is 0. The first-order valence-corrected chi connectivity index (χ1v) is 11.3. The van der Waals surface area contributed by atoms with Crippen molar-refractivity contribution in [1.29, 1.82) is 0 Å². The topological polar surface area (TPSA) is 52.8 Å². The highest BCUT2D eigenvalue weighted by molar-refractivity contribution is 5.79. The van der Waals surface area contributed by atoms with Crippen LogP contribution in [0.25, 0.3) is 11.3 Å². The second-order valence-electron chi connectivity index (χ2n) is 8.86. The molecule has 0 radical (unpaired) electrons. The van der Waals surface area contributed by atoms with Crippen LogP contribution in [-0.2, 0) is 4.79 Å². The number of nitrogens with zero attached hydrogens (tertiary/aromatic N) is 4. The van der Waals surface area contributed by atoms with Crippen LogP contribution in [0.15, 0.2) is 34.9 Å². The van der Waals surface area contributed by atoms with Gasteiger partial charge in [-0.25, -0.2) is 4.98 Å². The lowest BCUT2D eigenvalue weighted by Crippen LogP contribution is -2.44. The summed E-state index contributed by atoms with van der Waals surface area (Å²) in [4.78, 5) is 24.3. The molecule has 30 heavy (non-hydrogen) atoms. The number of carbonyl (C=O) groups is 1. The summed E-state index contributed by atoms with van der Waals surface area (Å²) >= 11 is 0. The minimum Gasteiger partial charge on any atom is -0.441 e. The van der Waals surface area contributed by atoms with Gasteiger partial charge in [0.15, 0.2) is 11.7 Å². The molecule has 0 unspecified atom stereocenters. The van der Waals surface area contributed by atoms with Crippen molar-refractivity contribution in [3.8, 4) is 11.3 Å². The molecule has 1 aromatic carbocycles. The summed E-state index contributed by atoms with van der Waals surface area (Å²) in [5.74, 6) is 2.03. The molecule has 1 amide bonds. The second-order valence-corrected chi connectivity index (χ2v) is 8.86. The van der Waals surface area contributed by atoms with E-state index in [-0.39, 0.29) is 5.92 Å². The van der Waals surface area contributed by atoms with Crippen molar-refractivity contribution in [2.24, 2.45) is 5.92 Å². The number of piperidine rings is 1. The quantitative estimate of drug-likeness (QED) is 0.767. The molecule has 2 saturated heterocycles. The predicted octanol–water partition coefficient (Wildman–Crippen LogP) is 3.81. The van der Waals surface area contributed by atoms with Crippen LogP contribution in [0, 0.1) is 12.8 Å². The highest BCUT2D eigenvalue weighted by Gasteiger charge is 2.30. The van der Waals surface area contributed by atoms with E-state index in [2.05, 4.69) is 57.8 Å². The van der Waals surface area contributed by atoms with E-state index in [1.165, 1.54) is 5.69 Å². The van der Waals surface area contributed by atoms with Crippen molar-refractivity contribution in [2.75, 3.05) is 44.2 Å². The number of amides is 1. The highest BCUT2D eigenvalue weighted by atomic mass is 16.4. The monoisotopic (exact) mass is 410 g/mol. The third-order valence-corrected chi connectivity index (χ3v) is 6.55. The van der Waals surface area contributed by atoms with Gasteiger partial charge in [-0.05, 0) is 57.4 Å². The summed E-state index contributed by atoms with van der Waals surface area (Å²) in [6, 6.07) is 9.02. The van der Waals surface area contributed by atoms with E-state index >= 15 is 0 Å². The Hall–Kier alpha value is -2.34. The minimum atomic E-state index is 0.170. The van der Waals surface area contributed by atoms with Gasteiger partial charge in [-0.3, -0.25) is 9.69 Å². The van der Waals surface area contributed by atoms with Crippen molar-refractivity contribution >= 4 is 11.6 Å². The molecule has 2 aliphatic rings. The van der Waals surface area contributed by atoms with Gasteiger partial charge in [0, 0.05) is 69.4 Å². The number of hydrogen-bond acceptors (Lipinski definition) is 5. The first kappa shape index (κ1) is 20.9. The highest BCUT2D eigenvalue weighted by Crippen LogP contribution is 2.28. The Kier molecular flexibility index (Phi) is 6.42. The summed E-state index contributed by atoms with van der Waals surface area (Å²) < 4.78 is 5.61. The number of aryl methyl sites for hydroxylation is 1. The molecule has 0 N–H and O–H groups in total. The molecule has 0 spiro atoms. The molecule has 6 nitrogen and oxygen atoms in total. The Morgan fingerprint density at radius 1 is 1.03 bits per heavy atom. The summed E-state index contributed by atoms with van der Waals surface area (Å²) in [5.41, 5.74) is 2.25. The molecule has 2 aliphatic heterocycles. The zero-order valence-electron chi connectivity index (χ0n) is 18.5. The SMILES string of the molecule is Cc1ncc(-c2ccc(N3CCC(C(=O)N4CCCN(C(C)C)CC4)CC3)cc2)o1. The van der Waals surface area contributed by atoms with Gasteiger partial charge in [0.2, 0.25) is 5.91 Å². The van der Waals surface area contributed by atoms with Crippen LogP contribution in [0.3, 0.4) is 0 Å². The fraction of sp³-hybridized carbons (Fsp3) is 0.583. The number of rotatable bonds is 4. The number of carbonyl (C=O) groups excluding carboxylic acids is 1. The Labute approximate surface area is 179 Å². The number of oxazole rings is 1. The van der Waals surface area contributed by atoms with Gasteiger partial charge in [0.25, 0.3) is 0 Å². The summed E-state index contributed by atoms with van der Waals surface area (Å²) in [6.07, 6.45) is 4.73. The molecular weight excluding hydrogens is 376 g/mol. The zero-order chi connectivity index (χ0) is 21.1. The fourth-order valence-corrected chi connectivity index (χ4v) is 4.65. The molecule has 0 atom stereocenters. The maximum atomic E-state index is 13.1. The van der Waals surface area contributed by atoms with E-state index < -0.39 is 0 Å². The Morgan fingerprint density at radius 2 is 1.77 bits per heavy atom. The molecule has 3 heterocycles. The zero-order valence-corrected chi connectivity index (χ0v) is 18.5. The van der Waals surface area contributed by atoms with Gasteiger partial charge in [0.1, 0.15) is 0 Å². The molecular formula is C24H34N4O2. The molecule has 4 rings (SSSR count). The Balaban J connectivity index is 1.31. The van der Waals surface area contributed by atoms with Crippen LogP contribution in [-0.4, -0.2) is 66.0 Å². The maximum Gasteiger partial charge on any atom is 0.225 e. The van der Waals surface area contributed by atoms with E-state index in [4.69, 9.17) is 4.42 Å². The van der Waals surface area contributed by atoms with Gasteiger partial charge in [0.05, 0.1) is 6.20 Å². The lowest BCUT2D eigenvalue weighted by molar-refractivity contribution is -0.136. The largest absolute Gasteiger partial charge is 0.441 e. The summed E-state index contributed by atoms with van der Waals surface area (Å²) in [6.45, 7) is 12.1. The van der Waals surface area contributed by atoms with Crippen molar-refractivity contribution in [3.63, 3.8) is 0 Å². The normalized spacial score (nSPS) is 19.3. The Bertz CT molecular complexity index is 837. The third kappa shape index (κ3) is 4.69. The van der Waals surface area contributed by atoms with Gasteiger partial charge in [-0.2, -0.15) is 0 Å². The third-order valence-electron chi connectivity index (χ3n) is 6.55. The van der Waals surface area contributed by atoms with E-state index in [9.17, 15) is 4.79 Å². The summed E-state index contributed by atoms with van der Waals surface area (Å²) in [7, 11) is 0. The number of benzene rings is 1. The van der Waals surface area contributed by atoms with E-state index in [0.717, 1.165) is 69.9 Å². The van der Waals surface area contributed by atoms with E-state index in [1.54, 1.807) is 6.20 Å². The predicted molar refractivity (Wildman–Crippen MR) is 120 cm³/mol. The van der Waals surface area contributed by atoms with Crippen molar-refractivity contribution in [1.82, 2.24) is 14.8 Å². The molecule has 0 bridgehead atoms. The number of hydrogen-bond donors (Lipinski definition) is 0. The van der Waals surface area contributed by atoms with Crippen molar-refractivity contribution in [2.45, 2.75) is 46.1 Å². The molecule has 2 fully saturated rings. The standard InChI is InChI=1S/C24H34N4O2/c1-18(2)26-11-4-12-28(16-15-26)24(29)21-9-13-27(14-10-21)22-7-5-20(6-8-22)23-17-25-19(3)30-23/h5-8,17-18,21H,4,9-16H2,1-3H3. The van der Waals surface area contributed by atoms with Crippen LogP contribution < -0.4 is 4.90 Å². The van der Waals surface area contributed by atoms with Crippen molar-refractivity contribution in [3.05, 3.63) is 36.4 Å². The van der Waals surface area contributed by atoms with Crippen molar-refractivity contribution < 1.29 is 9.21 Å². The Morgan fingerprint density at radius 3 is 2.40 bits per heavy atom. The maximum absolute atomic E-state index is 13.1. The lowest BCUT2D eigenvalue weighted by atomic mass is 9.94. The molecule has 2 aromatic rings. The van der Waals surface area contributed by atoms with Crippen LogP contribution in [0.2, 0.25) is 0 Å². The van der Waals surface area contributed by atoms with Gasteiger partial charge in [-0.15, -0.1) is 0 Å². The fourth-order valence-electron chi connectivity index (χ4n) is 4.65. The molecule has 0 aliphatic carbocycles. The van der Waals surface area contributed by atoms with Crippen LogP contribution >= 0.6 is 0 Å². The number of anilines is 1. The number of aromatic nitrogens is 1. The average molecular weight is 411 g/mol. The molecule has 0 saturated carbocycles. The molecule has 162 valence electrons.